The molecule has 1 aliphatic heterocycles. The average Bonchev–Trinajstić information content (AvgIpc) is 2.98. The maximum absolute atomic E-state index is 12.8. The molecular formula is C21H21ClN2O5. The fraction of sp³-hybridized carbons (Fsp3) is 0.286. The smallest absolute Gasteiger partial charge is 0.295 e. The lowest BCUT2D eigenvalue weighted by molar-refractivity contribution is -0.140. The molecule has 3 rings (SSSR count). The van der Waals surface area contributed by atoms with Crippen LogP contribution in [0.3, 0.4) is 0 Å². The lowest BCUT2D eigenvalue weighted by Gasteiger charge is -2.24. The Labute approximate surface area is 173 Å². The summed E-state index contributed by atoms with van der Waals surface area (Å²) in [5.41, 5.74) is 0.602. The minimum Gasteiger partial charge on any atom is -0.507 e. The third-order valence-corrected chi connectivity index (χ3v) is 4.88. The molecule has 0 radical (unpaired) electrons. The summed E-state index contributed by atoms with van der Waals surface area (Å²) in [6.07, 6.45) is 1.56. The van der Waals surface area contributed by atoms with Gasteiger partial charge in [0.05, 0.1) is 29.5 Å². The Hall–Kier alpha value is -2.90. The fourth-order valence-electron chi connectivity index (χ4n) is 3.23. The van der Waals surface area contributed by atoms with Crippen molar-refractivity contribution in [2.24, 2.45) is 0 Å². The van der Waals surface area contributed by atoms with Crippen molar-refractivity contribution in [3.05, 3.63) is 64.4 Å². The molecule has 1 aromatic heterocycles. The number of methoxy groups -OCH3 is 1. The van der Waals surface area contributed by atoms with E-state index in [1.54, 1.807) is 42.6 Å². The fourth-order valence-corrected chi connectivity index (χ4v) is 3.44. The van der Waals surface area contributed by atoms with E-state index in [2.05, 4.69) is 4.98 Å². The number of carbonyl (C=O) groups excluding carboxylic acids is 2. The number of hydrogen-bond donors (Lipinski definition) is 1. The lowest BCUT2D eigenvalue weighted by Crippen LogP contribution is -2.33. The van der Waals surface area contributed by atoms with Gasteiger partial charge in [-0.05, 0) is 37.3 Å². The number of likely N-dealkylation sites (tertiary alicyclic amines) is 1. The number of Topliss-reactive ketones (excluding diaryl/α,β-unsaturated/α-hetero) is 1. The molecule has 0 saturated carbocycles. The largest absolute Gasteiger partial charge is 0.507 e. The van der Waals surface area contributed by atoms with Gasteiger partial charge in [-0.15, -0.1) is 0 Å². The first kappa shape index (κ1) is 20.8. The third kappa shape index (κ3) is 4.11. The zero-order valence-corrected chi connectivity index (χ0v) is 16.8. The third-order valence-electron chi connectivity index (χ3n) is 4.55. The van der Waals surface area contributed by atoms with Gasteiger partial charge in [-0.3, -0.25) is 14.6 Å². The Morgan fingerprint density at radius 3 is 2.72 bits per heavy atom. The number of ether oxygens (including phenoxy) is 2. The molecule has 1 aromatic carbocycles. The Bertz CT molecular complexity index is 945. The number of aliphatic hydroxyl groups excluding tert-OH is 1. The number of benzene rings is 1. The number of halogens is 1. The number of aromatic nitrogens is 1. The maximum atomic E-state index is 12.8. The monoisotopic (exact) mass is 416 g/mol. The van der Waals surface area contributed by atoms with Gasteiger partial charge >= 0.3 is 0 Å². The molecule has 29 heavy (non-hydrogen) atoms. The van der Waals surface area contributed by atoms with Crippen LogP contribution in [0.4, 0.5) is 0 Å². The van der Waals surface area contributed by atoms with Gasteiger partial charge in [-0.25, -0.2) is 0 Å². The van der Waals surface area contributed by atoms with E-state index in [9.17, 15) is 14.7 Å². The molecule has 2 aromatic rings. The summed E-state index contributed by atoms with van der Waals surface area (Å²) >= 11 is 6.27. The SMILES string of the molecule is CCOc1ccc(Cl)c(/C(O)=C2\C(=O)C(=O)N(CCOC)C2c2ccccn2)c1. The summed E-state index contributed by atoms with van der Waals surface area (Å²) in [5, 5.41) is 11.3. The molecule has 1 atom stereocenters. The summed E-state index contributed by atoms with van der Waals surface area (Å²) in [7, 11) is 1.51. The molecule has 1 N–H and O–H groups in total. The zero-order chi connectivity index (χ0) is 21.0. The summed E-state index contributed by atoms with van der Waals surface area (Å²) in [6.45, 7) is 2.66. The standard InChI is InChI=1S/C21H21ClN2O5/c1-3-29-13-7-8-15(22)14(12-13)19(25)17-18(16-6-4-5-9-23-16)24(10-11-28-2)21(27)20(17)26/h4-9,12,18,25H,3,10-11H2,1-2H3/b19-17+. The van der Waals surface area contributed by atoms with Crippen molar-refractivity contribution >= 4 is 29.1 Å². The maximum Gasteiger partial charge on any atom is 0.295 e. The van der Waals surface area contributed by atoms with Gasteiger partial charge in [-0.1, -0.05) is 17.7 Å². The van der Waals surface area contributed by atoms with Crippen LogP contribution >= 0.6 is 11.6 Å². The van der Waals surface area contributed by atoms with Crippen LogP contribution in [0, 0.1) is 0 Å². The van der Waals surface area contributed by atoms with Crippen LogP contribution in [-0.4, -0.2) is 53.5 Å². The predicted octanol–water partition coefficient (Wildman–Crippen LogP) is 3.20. The quantitative estimate of drug-likeness (QED) is 0.423. The zero-order valence-electron chi connectivity index (χ0n) is 16.1. The highest BCUT2D eigenvalue weighted by atomic mass is 35.5. The number of nitrogens with zero attached hydrogens (tertiary/aromatic N) is 2. The molecule has 0 aliphatic carbocycles. The van der Waals surface area contributed by atoms with E-state index < -0.39 is 17.7 Å². The molecular weight excluding hydrogens is 396 g/mol. The number of rotatable bonds is 7. The molecule has 1 fully saturated rings. The van der Waals surface area contributed by atoms with Gasteiger partial charge in [0, 0.05) is 25.4 Å². The molecule has 7 nitrogen and oxygen atoms in total. The summed E-state index contributed by atoms with van der Waals surface area (Å²) in [6, 6.07) is 9.10. The molecule has 152 valence electrons. The first-order valence-corrected chi connectivity index (χ1v) is 9.48. The van der Waals surface area contributed by atoms with Crippen LogP contribution < -0.4 is 4.74 Å². The van der Waals surface area contributed by atoms with Crippen molar-refractivity contribution in [2.75, 3.05) is 26.9 Å². The second-order valence-electron chi connectivity index (χ2n) is 6.31. The number of ketones is 1. The molecule has 8 heteroatoms. The molecule has 1 unspecified atom stereocenters. The van der Waals surface area contributed by atoms with Gasteiger partial charge in [0.2, 0.25) is 0 Å². The van der Waals surface area contributed by atoms with E-state index in [0.29, 0.717) is 18.1 Å². The molecule has 0 bridgehead atoms. The van der Waals surface area contributed by atoms with Crippen LogP contribution in [0.1, 0.15) is 24.2 Å². The predicted molar refractivity (Wildman–Crippen MR) is 108 cm³/mol. The van der Waals surface area contributed by atoms with Crippen molar-refractivity contribution in [3.63, 3.8) is 0 Å². The van der Waals surface area contributed by atoms with Crippen molar-refractivity contribution in [1.82, 2.24) is 9.88 Å². The first-order chi connectivity index (χ1) is 14.0. The molecule has 0 spiro atoms. The number of hydrogen-bond acceptors (Lipinski definition) is 6. The number of aliphatic hydroxyl groups is 1. The molecule has 1 amide bonds. The second-order valence-corrected chi connectivity index (χ2v) is 6.72. The number of carbonyl (C=O) groups is 2. The van der Waals surface area contributed by atoms with Crippen molar-refractivity contribution in [3.8, 4) is 5.75 Å². The van der Waals surface area contributed by atoms with Crippen molar-refractivity contribution in [2.45, 2.75) is 13.0 Å². The van der Waals surface area contributed by atoms with Crippen LogP contribution in [0.15, 0.2) is 48.2 Å². The molecule has 1 saturated heterocycles. The van der Waals surface area contributed by atoms with E-state index in [1.807, 2.05) is 6.92 Å². The first-order valence-electron chi connectivity index (χ1n) is 9.10. The summed E-state index contributed by atoms with van der Waals surface area (Å²) in [4.78, 5) is 31.2. The number of pyridine rings is 1. The average molecular weight is 417 g/mol. The minimum absolute atomic E-state index is 0.0691. The number of amides is 1. The van der Waals surface area contributed by atoms with E-state index in [0.717, 1.165) is 0 Å². The van der Waals surface area contributed by atoms with Gasteiger partial charge in [-0.2, -0.15) is 0 Å². The van der Waals surface area contributed by atoms with Gasteiger partial charge in [0.15, 0.2) is 0 Å². The van der Waals surface area contributed by atoms with E-state index in [4.69, 9.17) is 21.1 Å². The minimum atomic E-state index is -0.849. The van der Waals surface area contributed by atoms with Crippen LogP contribution in [0.2, 0.25) is 5.02 Å². The van der Waals surface area contributed by atoms with Crippen LogP contribution in [0.25, 0.3) is 5.76 Å². The topological polar surface area (TPSA) is 89.0 Å². The van der Waals surface area contributed by atoms with Gasteiger partial charge in [0.25, 0.3) is 11.7 Å². The Morgan fingerprint density at radius 2 is 2.07 bits per heavy atom. The Kier molecular flexibility index (Phi) is 6.51. The lowest BCUT2D eigenvalue weighted by atomic mass is 9.98. The Balaban J connectivity index is 2.17. The van der Waals surface area contributed by atoms with E-state index in [1.165, 1.54) is 12.0 Å². The van der Waals surface area contributed by atoms with Gasteiger partial charge < -0.3 is 19.5 Å². The molecule has 2 heterocycles. The van der Waals surface area contributed by atoms with E-state index >= 15 is 0 Å². The highest BCUT2D eigenvalue weighted by molar-refractivity contribution is 6.47. The van der Waals surface area contributed by atoms with Crippen LogP contribution in [-0.2, 0) is 14.3 Å². The van der Waals surface area contributed by atoms with Crippen LogP contribution in [0.5, 0.6) is 5.75 Å². The van der Waals surface area contributed by atoms with Gasteiger partial charge in [0.1, 0.15) is 17.6 Å². The normalized spacial score (nSPS) is 18.3. The Morgan fingerprint density at radius 1 is 1.28 bits per heavy atom. The highest BCUT2D eigenvalue weighted by Crippen LogP contribution is 2.40. The molecule has 1 aliphatic rings. The highest BCUT2D eigenvalue weighted by Gasteiger charge is 2.46. The summed E-state index contributed by atoms with van der Waals surface area (Å²) < 4.78 is 10.5. The second kappa shape index (κ2) is 9.07. The summed E-state index contributed by atoms with van der Waals surface area (Å²) in [5.74, 6) is -1.41. The van der Waals surface area contributed by atoms with E-state index in [-0.39, 0.29) is 35.1 Å². The van der Waals surface area contributed by atoms with Crippen molar-refractivity contribution < 1.29 is 24.2 Å². The van der Waals surface area contributed by atoms with Crippen molar-refractivity contribution in [1.29, 1.82) is 0 Å².